The molecule has 1 heterocycles. The molecule has 1 saturated heterocycles. The van der Waals surface area contributed by atoms with Crippen LogP contribution in [0.1, 0.15) is 23.2 Å². The fourth-order valence-electron chi connectivity index (χ4n) is 1.87. The molecule has 1 N–H and O–H groups in total. The summed E-state index contributed by atoms with van der Waals surface area (Å²) in [4.78, 5) is 12.0. The van der Waals surface area contributed by atoms with Gasteiger partial charge in [0.2, 0.25) is 0 Å². The minimum atomic E-state index is -0.749. The molecule has 0 radical (unpaired) electrons. The summed E-state index contributed by atoms with van der Waals surface area (Å²) in [6.45, 7) is 0. The lowest BCUT2D eigenvalue weighted by Crippen LogP contribution is -2.39. The predicted molar refractivity (Wildman–Crippen MR) is 72.5 cm³/mol. The molecule has 1 fully saturated rings. The van der Waals surface area contributed by atoms with Crippen molar-refractivity contribution in [2.75, 3.05) is 11.5 Å². The van der Waals surface area contributed by atoms with Crippen LogP contribution >= 0.6 is 15.9 Å². The van der Waals surface area contributed by atoms with E-state index < -0.39 is 16.6 Å². The maximum atomic E-state index is 13.1. The van der Waals surface area contributed by atoms with Crippen LogP contribution in [0.4, 0.5) is 4.39 Å². The van der Waals surface area contributed by atoms with Gasteiger partial charge in [-0.15, -0.1) is 0 Å². The molecule has 0 atom stereocenters. The largest absolute Gasteiger partial charge is 0.349 e. The Labute approximate surface area is 116 Å². The Morgan fingerprint density at radius 2 is 2.06 bits per heavy atom. The first-order valence-electron chi connectivity index (χ1n) is 5.67. The van der Waals surface area contributed by atoms with E-state index in [9.17, 15) is 13.4 Å². The summed E-state index contributed by atoms with van der Waals surface area (Å²) in [6.07, 6.45) is 1.43. The fourth-order valence-corrected chi connectivity index (χ4v) is 3.60. The SMILES string of the molecule is O=C(NC1CCS(=O)CC1)c1cc(F)ccc1Br. The van der Waals surface area contributed by atoms with Gasteiger partial charge < -0.3 is 5.32 Å². The normalized spacial score (nSPS) is 23.7. The van der Waals surface area contributed by atoms with E-state index >= 15 is 0 Å². The van der Waals surface area contributed by atoms with Gasteiger partial charge >= 0.3 is 0 Å². The Kier molecular flexibility index (Phi) is 4.50. The summed E-state index contributed by atoms with van der Waals surface area (Å²) in [5.74, 6) is 0.511. The number of carbonyl (C=O) groups is 1. The number of benzene rings is 1. The molecule has 1 amide bonds. The van der Waals surface area contributed by atoms with Crippen molar-refractivity contribution in [3.63, 3.8) is 0 Å². The van der Waals surface area contributed by atoms with Gasteiger partial charge in [0.25, 0.3) is 5.91 Å². The number of hydrogen-bond donors (Lipinski definition) is 1. The topological polar surface area (TPSA) is 46.2 Å². The summed E-state index contributed by atoms with van der Waals surface area (Å²) in [7, 11) is -0.749. The molecule has 0 unspecified atom stereocenters. The van der Waals surface area contributed by atoms with Crippen LogP contribution in [-0.2, 0) is 10.8 Å². The van der Waals surface area contributed by atoms with E-state index in [-0.39, 0.29) is 11.9 Å². The highest BCUT2D eigenvalue weighted by molar-refractivity contribution is 9.10. The van der Waals surface area contributed by atoms with Crippen LogP contribution in [0.15, 0.2) is 22.7 Å². The van der Waals surface area contributed by atoms with Gasteiger partial charge in [0, 0.05) is 32.8 Å². The molecule has 6 heteroatoms. The number of rotatable bonds is 2. The van der Waals surface area contributed by atoms with Crippen molar-refractivity contribution in [2.24, 2.45) is 0 Å². The van der Waals surface area contributed by atoms with E-state index in [4.69, 9.17) is 0 Å². The smallest absolute Gasteiger partial charge is 0.252 e. The van der Waals surface area contributed by atoms with Crippen molar-refractivity contribution >= 4 is 32.6 Å². The minimum Gasteiger partial charge on any atom is -0.349 e. The Hall–Kier alpha value is -0.750. The van der Waals surface area contributed by atoms with Gasteiger partial charge in [-0.3, -0.25) is 9.00 Å². The lowest BCUT2D eigenvalue weighted by molar-refractivity contribution is 0.0933. The molecule has 1 aromatic rings. The Balaban J connectivity index is 2.03. The summed E-state index contributed by atoms with van der Waals surface area (Å²) < 4.78 is 24.9. The lowest BCUT2D eigenvalue weighted by atomic mass is 10.1. The molecular formula is C12H13BrFNO2S. The summed E-state index contributed by atoms with van der Waals surface area (Å²) in [5, 5.41) is 2.85. The number of hydrogen-bond acceptors (Lipinski definition) is 2. The monoisotopic (exact) mass is 333 g/mol. The first kappa shape index (κ1) is 13.7. The molecule has 1 aliphatic rings. The summed E-state index contributed by atoms with van der Waals surface area (Å²) in [6, 6.07) is 4.05. The average molecular weight is 334 g/mol. The van der Waals surface area contributed by atoms with Crippen LogP contribution < -0.4 is 5.32 Å². The maximum absolute atomic E-state index is 13.1. The second-order valence-corrected chi connectivity index (χ2v) is 6.77. The fraction of sp³-hybridized carbons (Fsp3) is 0.417. The second kappa shape index (κ2) is 5.93. The van der Waals surface area contributed by atoms with Crippen LogP contribution in [0.25, 0.3) is 0 Å². The number of carbonyl (C=O) groups excluding carboxylic acids is 1. The molecule has 0 bridgehead atoms. The molecule has 0 aromatic heterocycles. The van der Waals surface area contributed by atoms with E-state index in [0.29, 0.717) is 34.4 Å². The number of amides is 1. The van der Waals surface area contributed by atoms with E-state index in [1.807, 2.05) is 0 Å². The zero-order valence-electron chi connectivity index (χ0n) is 9.62. The van der Waals surface area contributed by atoms with E-state index in [2.05, 4.69) is 21.2 Å². The molecule has 0 saturated carbocycles. The van der Waals surface area contributed by atoms with Gasteiger partial charge in [0.05, 0.1) is 5.56 Å². The van der Waals surface area contributed by atoms with E-state index in [1.165, 1.54) is 18.2 Å². The second-order valence-electron chi connectivity index (χ2n) is 4.22. The van der Waals surface area contributed by atoms with E-state index in [1.54, 1.807) is 0 Å². The summed E-state index contributed by atoms with van der Waals surface area (Å²) >= 11 is 3.23. The van der Waals surface area contributed by atoms with Crippen LogP contribution in [0.3, 0.4) is 0 Å². The molecule has 2 rings (SSSR count). The quantitative estimate of drug-likeness (QED) is 0.902. The van der Waals surface area contributed by atoms with Crippen LogP contribution in [0.2, 0.25) is 0 Å². The van der Waals surface area contributed by atoms with E-state index in [0.717, 1.165) is 0 Å². The molecule has 1 aliphatic heterocycles. The van der Waals surface area contributed by atoms with Gasteiger partial charge in [0.15, 0.2) is 0 Å². The predicted octanol–water partition coefficient (Wildman–Crippen LogP) is 2.23. The van der Waals surface area contributed by atoms with Crippen molar-refractivity contribution in [3.05, 3.63) is 34.1 Å². The molecule has 98 valence electrons. The van der Waals surface area contributed by atoms with Gasteiger partial charge in [-0.25, -0.2) is 4.39 Å². The lowest BCUT2D eigenvalue weighted by Gasteiger charge is -2.22. The van der Waals surface area contributed by atoms with Crippen molar-refractivity contribution < 1.29 is 13.4 Å². The van der Waals surface area contributed by atoms with Crippen LogP contribution in [0, 0.1) is 5.82 Å². The van der Waals surface area contributed by atoms with Crippen LogP contribution in [0.5, 0.6) is 0 Å². The van der Waals surface area contributed by atoms with Gasteiger partial charge in [-0.05, 0) is 47.0 Å². The van der Waals surface area contributed by atoms with Gasteiger partial charge in [-0.2, -0.15) is 0 Å². The van der Waals surface area contributed by atoms with Gasteiger partial charge in [-0.1, -0.05) is 0 Å². The minimum absolute atomic E-state index is 0.0327. The highest BCUT2D eigenvalue weighted by Gasteiger charge is 2.21. The zero-order valence-corrected chi connectivity index (χ0v) is 12.0. The molecule has 1 aromatic carbocycles. The molecular weight excluding hydrogens is 321 g/mol. The molecule has 0 aliphatic carbocycles. The first-order valence-corrected chi connectivity index (χ1v) is 7.95. The zero-order chi connectivity index (χ0) is 13.1. The molecule has 18 heavy (non-hydrogen) atoms. The highest BCUT2D eigenvalue weighted by Crippen LogP contribution is 2.18. The van der Waals surface area contributed by atoms with Crippen LogP contribution in [-0.4, -0.2) is 27.7 Å². The first-order chi connectivity index (χ1) is 8.56. The maximum Gasteiger partial charge on any atom is 0.252 e. The third-order valence-electron chi connectivity index (χ3n) is 2.90. The third-order valence-corrected chi connectivity index (χ3v) is 4.97. The number of nitrogens with one attached hydrogen (secondary N) is 1. The average Bonchev–Trinajstić information content (AvgIpc) is 2.35. The Bertz CT molecular complexity index is 485. The van der Waals surface area contributed by atoms with Crippen molar-refractivity contribution in [1.82, 2.24) is 5.32 Å². The Morgan fingerprint density at radius 1 is 1.39 bits per heavy atom. The molecule has 0 spiro atoms. The number of halogens is 2. The third kappa shape index (κ3) is 3.38. The molecule has 3 nitrogen and oxygen atoms in total. The van der Waals surface area contributed by atoms with Crippen molar-refractivity contribution in [3.8, 4) is 0 Å². The Morgan fingerprint density at radius 3 is 2.72 bits per heavy atom. The standard InChI is InChI=1S/C12H13BrFNO2S/c13-11-2-1-8(14)7-10(11)12(16)15-9-3-5-18(17)6-4-9/h1-2,7,9H,3-6H2,(H,15,16). The van der Waals surface area contributed by atoms with Crippen molar-refractivity contribution in [1.29, 1.82) is 0 Å². The highest BCUT2D eigenvalue weighted by atomic mass is 79.9. The summed E-state index contributed by atoms with van der Waals surface area (Å²) in [5.41, 5.74) is 0.293. The van der Waals surface area contributed by atoms with Gasteiger partial charge in [0.1, 0.15) is 5.82 Å². The van der Waals surface area contributed by atoms with Crippen molar-refractivity contribution in [2.45, 2.75) is 18.9 Å².